The zero-order valence-corrected chi connectivity index (χ0v) is 9.66. The first-order chi connectivity index (χ1) is 8.22. The molecule has 0 aliphatic heterocycles. The van der Waals surface area contributed by atoms with Gasteiger partial charge in [0.15, 0.2) is 0 Å². The molecule has 4 heteroatoms. The molecule has 0 radical (unpaired) electrons. The van der Waals surface area contributed by atoms with Gasteiger partial charge < -0.3 is 5.11 Å². The predicted octanol–water partition coefficient (Wildman–Crippen LogP) is 2.21. The number of hydrogen-bond acceptors (Lipinski definition) is 3. The van der Waals surface area contributed by atoms with Crippen molar-refractivity contribution < 1.29 is 10.0 Å². The standard InChI is InChI=1S/C13H17NO3/c15-7-6-10-8-12(13(9-10)14(16)17)11-4-2-1-3-5-11/h1-5,10,12-13,15H,6-9H2/t10-,12-,13+/m0/s1. The highest BCUT2D eigenvalue weighted by Gasteiger charge is 2.42. The van der Waals surface area contributed by atoms with Crippen LogP contribution >= 0.6 is 0 Å². The molecule has 3 atom stereocenters. The lowest BCUT2D eigenvalue weighted by atomic mass is 9.93. The SMILES string of the molecule is O=[N+]([O-])[C@@H]1C[C@@H](CCO)C[C@H]1c1ccccc1. The van der Waals surface area contributed by atoms with Crippen LogP contribution in [0.5, 0.6) is 0 Å². The van der Waals surface area contributed by atoms with E-state index in [1.807, 2.05) is 30.3 Å². The van der Waals surface area contributed by atoms with E-state index in [4.69, 9.17) is 5.11 Å². The van der Waals surface area contributed by atoms with Gasteiger partial charge in [0, 0.05) is 18.0 Å². The van der Waals surface area contributed by atoms with Gasteiger partial charge in [0.2, 0.25) is 6.04 Å². The largest absolute Gasteiger partial charge is 0.396 e. The third-order valence-corrected chi connectivity index (χ3v) is 3.66. The number of benzene rings is 1. The lowest BCUT2D eigenvalue weighted by Crippen LogP contribution is -2.22. The van der Waals surface area contributed by atoms with Crippen molar-refractivity contribution in [3.63, 3.8) is 0 Å². The van der Waals surface area contributed by atoms with Gasteiger partial charge in [-0.2, -0.15) is 0 Å². The van der Waals surface area contributed by atoms with Crippen molar-refractivity contribution in [1.29, 1.82) is 0 Å². The number of nitrogens with zero attached hydrogens (tertiary/aromatic N) is 1. The predicted molar refractivity (Wildman–Crippen MR) is 64.4 cm³/mol. The maximum absolute atomic E-state index is 11.1. The molecule has 1 aliphatic carbocycles. The minimum Gasteiger partial charge on any atom is -0.396 e. The van der Waals surface area contributed by atoms with Crippen LogP contribution in [0, 0.1) is 16.0 Å². The summed E-state index contributed by atoms with van der Waals surface area (Å²) in [5.41, 5.74) is 1.05. The summed E-state index contributed by atoms with van der Waals surface area (Å²) in [5, 5.41) is 20.0. The average Bonchev–Trinajstić information content (AvgIpc) is 2.75. The van der Waals surface area contributed by atoms with E-state index in [9.17, 15) is 10.1 Å². The normalized spacial score (nSPS) is 28.2. The van der Waals surface area contributed by atoms with Gasteiger partial charge in [0.1, 0.15) is 0 Å². The number of aliphatic hydroxyl groups is 1. The summed E-state index contributed by atoms with van der Waals surface area (Å²) in [7, 11) is 0. The second-order valence-corrected chi connectivity index (χ2v) is 4.72. The van der Waals surface area contributed by atoms with Crippen LogP contribution < -0.4 is 0 Å². The van der Waals surface area contributed by atoms with Crippen molar-refractivity contribution in [2.75, 3.05) is 6.61 Å². The Balaban J connectivity index is 2.17. The molecule has 0 aromatic heterocycles. The van der Waals surface area contributed by atoms with Gasteiger partial charge in [-0.05, 0) is 24.3 Å². The molecule has 1 aromatic carbocycles. The second kappa shape index (κ2) is 5.27. The Labute approximate surface area is 100 Å². The van der Waals surface area contributed by atoms with E-state index >= 15 is 0 Å². The van der Waals surface area contributed by atoms with Crippen molar-refractivity contribution >= 4 is 0 Å². The van der Waals surface area contributed by atoms with Gasteiger partial charge in [0.25, 0.3) is 0 Å². The summed E-state index contributed by atoms with van der Waals surface area (Å²) in [6.45, 7) is 0.122. The molecule has 1 aromatic rings. The molecule has 1 N–H and O–H groups in total. The topological polar surface area (TPSA) is 63.4 Å². The first kappa shape index (κ1) is 12.0. The summed E-state index contributed by atoms with van der Waals surface area (Å²) >= 11 is 0. The van der Waals surface area contributed by atoms with Crippen LogP contribution in [0.2, 0.25) is 0 Å². The third kappa shape index (κ3) is 2.64. The zero-order valence-electron chi connectivity index (χ0n) is 9.66. The summed E-state index contributed by atoms with van der Waals surface area (Å²) in [5.74, 6) is 0.281. The van der Waals surface area contributed by atoms with Crippen molar-refractivity contribution in [3.05, 3.63) is 46.0 Å². The van der Waals surface area contributed by atoms with Crippen molar-refractivity contribution in [2.24, 2.45) is 5.92 Å². The highest BCUT2D eigenvalue weighted by Crippen LogP contribution is 2.41. The molecule has 0 heterocycles. The third-order valence-electron chi connectivity index (χ3n) is 3.66. The molecule has 0 unspecified atom stereocenters. The lowest BCUT2D eigenvalue weighted by molar-refractivity contribution is -0.524. The number of hydrogen-bond donors (Lipinski definition) is 1. The van der Waals surface area contributed by atoms with Crippen LogP contribution in [0.4, 0.5) is 0 Å². The summed E-state index contributed by atoms with van der Waals surface area (Å²) in [6, 6.07) is 9.20. The van der Waals surface area contributed by atoms with Gasteiger partial charge in [-0.3, -0.25) is 10.1 Å². The fourth-order valence-corrected chi connectivity index (χ4v) is 2.83. The molecule has 17 heavy (non-hydrogen) atoms. The van der Waals surface area contributed by atoms with E-state index in [1.165, 1.54) is 0 Å². The maximum Gasteiger partial charge on any atom is 0.220 e. The van der Waals surface area contributed by atoms with E-state index in [2.05, 4.69) is 0 Å². The Morgan fingerprint density at radius 2 is 2.00 bits per heavy atom. The fourth-order valence-electron chi connectivity index (χ4n) is 2.83. The highest BCUT2D eigenvalue weighted by molar-refractivity contribution is 5.22. The van der Waals surface area contributed by atoms with E-state index in [0.29, 0.717) is 12.8 Å². The molecule has 92 valence electrons. The Morgan fingerprint density at radius 3 is 2.59 bits per heavy atom. The molecular weight excluding hydrogens is 218 g/mol. The van der Waals surface area contributed by atoms with Gasteiger partial charge in [-0.15, -0.1) is 0 Å². The fraction of sp³-hybridized carbons (Fsp3) is 0.538. The molecule has 0 saturated heterocycles. The monoisotopic (exact) mass is 235 g/mol. The summed E-state index contributed by atoms with van der Waals surface area (Å²) in [4.78, 5) is 10.9. The Morgan fingerprint density at radius 1 is 1.29 bits per heavy atom. The van der Waals surface area contributed by atoms with E-state index < -0.39 is 6.04 Å². The molecule has 1 saturated carbocycles. The number of aliphatic hydroxyl groups excluding tert-OH is 1. The van der Waals surface area contributed by atoms with Crippen LogP contribution in [0.15, 0.2) is 30.3 Å². The Bertz CT molecular complexity index is 380. The van der Waals surface area contributed by atoms with Crippen molar-refractivity contribution in [3.8, 4) is 0 Å². The van der Waals surface area contributed by atoms with E-state index in [0.717, 1.165) is 12.0 Å². The molecular formula is C13H17NO3. The number of nitro groups is 1. The van der Waals surface area contributed by atoms with Crippen molar-refractivity contribution in [2.45, 2.75) is 31.2 Å². The second-order valence-electron chi connectivity index (χ2n) is 4.72. The molecule has 4 nitrogen and oxygen atoms in total. The summed E-state index contributed by atoms with van der Waals surface area (Å²) < 4.78 is 0. The zero-order chi connectivity index (χ0) is 12.3. The molecule has 0 spiro atoms. The quantitative estimate of drug-likeness (QED) is 0.642. The molecule has 0 bridgehead atoms. The first-order valence-electron chi connectivity index (χ1n) is 6.01. The van der Waals surface area contributed by atoms with Crippen LogP contribution in [0.25, 0.3) is 0 Å². The maximum atomic E-state index is 11.1. The van der Waals surface area contributed by atoms with Crippen molar-refractivity contribution in [1.82, 2.24) is 0 Å². The molecule has 2 rings (SSSR count). The van der Waals surface area contributed by atoms with Gasteiger partial charge in [-0.1, -0.05) is 30.3 Å². The van der Waals surface area contributed by atoms with Crippen LogP contribution in [-0.2, 0) is 0 Å². The van der Waals surface area contributed by atoms with Gasteiger partial charge >= 0.3 is 0 Å². The van der Waals surface area contributed by atoms with Crippen LogP contribution in [-0.4, -0.2) is 22.7 Å². The average molecular weight is 235 g/mol. The van der Waals surface area contributed by atoms with Crippen LogP contribution in [0.3, 0.4) is 0 Å². The Hall–Kier alpha value is -1.42. The van der Waals surface area contributed by atoms with Crippen LogP contribution in [0.1, 0.15) is 30.7 Å². The highest BCUT2D eigenvalue weighted by atomic mass is 16.6. The van der Waals surface area contributed by atoms with Gasteiger partial charge in [0.05, 0.1) is 5.92 Å². The smallest absolute Gasteiger partial charge is 0.220 e. The van der Waals surface area contributed by atoms with Gasteiger partial charge in [-0.25, -0.2) is 0 Å². The van der Waals surface area contributed by atoms with E-state index in [1.54, 1.807) is 0 Å². The first-order valence-corrected chi connectivity index (χ1v) is 6.01. The Kier molecular flexibility index (Phi) is 3.74. The minimum absolute atomic E-state index is 0.00255. The molecule has 0 amide bonds. The van der Waals surface area contributed by atoms with E-state index in [-0.39, 0.29) is 23.4 Å². The summed E-state index contributed by atoms with van der Waals surface area (Å²) in [6.07, 6.45) is 2.08. The molecule has 1 aliphatic rings. The minimum atomic E-state index is -0.492. The molecule has 1 fully saturated rings. The lowest BCUT2D eigenvalue weighted by Gasteiger charge is -2.12. The number of rotatable bonds is 4.